The van der Waals surface area contributed by atoms with Crippen LogP contribution in [0.4, 0.5) is 0 Å². The highest BCUT2D eigenvalue weighted by Gasteiger charge is 2.40. The number of piperidine rings is 1. The summed E-state index contributed by atoms with van der Waals surface area (Å²) in [6.07, 6.45) is 4.68. The molecule has 0 saturated carbocycles. The normalized spacial score (nSPS) is 18.6. The van der Waals surface area contributed by atoms with Gasteiger partial charge in [-0.15, -0.1) is 0 Å². The Labute approximate surface area is 105 Å². The molecule has 1 aliphatic rings. The van der Waals surface area contributed by atoms with Crippen molar-refractivity contribution in [2.24, 2.45) is 5.41 Å². The van der Waals surface area contributed by atoms with Crippen molar-refractivity contribution in [2.45, 2.75) is 26.2 Å². The molecule has 18 heavy (non-hydrogen) atoms. The lowest BCUT2D eigenvalue weighted by molar-refractivity contribution is -0.152. The van der Waals surface area contributed by atoms with Gasteiger partial charge in [-0.25, -0.2) is 0 Å². The lowest BCUT2D eigenvalue weighted by atomic mass is 9.76. The predicted molar refractivity (Wildman–Crippen MR) is 64.1 cm³/mol. The molecular weight excluding hydrogens is 234 g/mol. The molecule has 1 aromatic heterocycles. The lowest BCUT2D eigenvalue weighted by Gasteiger charge is -2.38. The van der Waals surface area contributed by atoms with Crippen LogP contribution in [0, 0.1) is 5.41 Å². The summed E-state index contributed by atoms with van der Waals surface area (Å²) in [5.74, 6) is -0.834. The number of carboxylic acid groups (broad SMARTS) is 1. The van der Waals surface area contributed by atoms with Crippen LogP contribution >= 0.6 is 0 Å². The SMILES string of the molecule is CCC1(C(=O)O)CCN(C(=O)c2cn[nH]c2)CC1. The minimum atomic E-state index is -0.750. The summed E-state index contributed by atoms with van der Waals surface area (Å²) >= 11 is 0. The Morgan fingerprint density at radius 2 is 2.17 bits per heavy atom. The van der Waals surface area contributed by atoms with Gasteiger partial charge in [0.05, 0.1) is 17.2 Å². The molecule has 0 aromatic carbocycles. The minimum Gasteiger partial charge on any atom is -0.481 e. The Balaban J connectivity index is 2.02. The van der Waals surface area contributed by atoms with Crippen molar-refractivity contribution in [2.75, 3.05) is 13.1 Å². The molecule has 2 heterocycles. The molecule has 0 atom stereocenters. The third-order valence-corrected chi connectivity index (χ3v) is 3.88. The Morgan fingerprint density at radius 1 is 1.50 bits per heavy atom. The molecule has 1 amide bonds. The maximum Gasteiger partial charge on any atom is 0.309 e. The first kappa shape index (κ1) is 12.6. The summed E-state index contributed by atoms with van der Waals surface area (Å²) in [4.78, 5) is 25.0. The molecule has 98 valence electrons. The molecule has 0 unspecified atom stereocenters. The maximum absolute atomic E-state index is 12.0. The number of rotatable bonds is 3. The number of likely N-dealkylation sites (tertiary alicyclic amines) is 1. The van der Waals surface area contributed by atoms with Gasteiger partial charge in [-0.05, 0) is 19.3 Å². The summed E-state index contributed by atoms with van der Waals surface area (Å²) in [6.45, 7) is 2.87. The van der Waals surface area contributed by atoms with E-state index in [9.17, 15) is 14.7 Å². The molecular formula is C12H17N3O3. The highest BCUT2D eigenvalue weighted by atomic mass is 16.4. The summed E-state index contributed by atoms with van der Waals surface area (Å²) < 4.78 is 0. The van der Waals surface area contributed by atoms with Gasteiger partial charge in [0.25, 0.3) is 5.91 Å². The fourth-order valence-corrected chi connectivity index (χ4v) is 2.41. The van der Waals surface area contributed by atoms with Gasteiger partial charge in [-0.2, -0.15) is 5.10 Å². The average Bonchev–Trinajstić information content (AvgIpc) is 2.91. The number of hydrogen-bond donors (Lipinski definition) is 2. The average molecular weight is 251 g/mol. The van der Waals surface area contributed by atoms with E-state index in [1.807, 2.05) is 6.92 Å². The van der Waals surface area contributed by atoms with Gasteiger partial charge in [0.15, 0.2) is 0 Å². The monoisotopic (exact) mass is 251 g/mol. The lowest BCUT2D eigenvalue weighted by Crippen LogP contribution is -2.46. The fourth-order valence-electron chi connectivity index (χ4n) is 2.41. The quantitative estimate of drug-likeness (QED) is 0.843. The molecule has 0 spiro atoms. The van der Waals surface area contributed by atoms with Gasteiger partial charge >= 0.3 is 5.97 Å². The van der Waals surface area contributed by atoms with E-state index in [0.29, 0.717) is 37.9 Å². The van der Waals surface area contributed by atoms with Crippen molar-refractivity contribution in [3.63, 3.8) is 0 Å². The van der Waals surface area contributed by atoms with Crippen LogP contribution in [0.25, 0.3) is 0 Å². The number of amides is 1. The fraction of sp³-hybridized carbons (Fsp3) is 0.583. The molecule has 1 saturated heterocycles. The van der Waals surface area contributed by atoms with E-state index in [4.69, 9.17) is 0 Å². The Kier molecular flexibility index (Phi) is 3.36. The first-order valence-corrected chi connectivity index (χ1v) is 6.10. The van der Waals surface area contributed by atoms with Crippen LogP contribution in [0.3, 0.4) is 0 Å². The summed E-state index contributed by atoms with van der Waals surface area (Å²) in [5, 5.41) is 15.6. The molecule has 1 aromatic rings. The van der Waals surface area contributed by atoms with Gasteiger partial charge in [0, 0.05) is 19.3 Å². The molecule has 6 nitrogen and oxygen atoms in total. The highest BCUT2D eigenvalue weighted by Crippen LogP contribution is 2.35. The van der Waals surface area contributed by atoms with Crippen molar-refractivity contribution in [3.05, 3.63) is 18.0 Å². The second kappa shape index (κ2) is 4.80. The smallest absolute Gasteiger partial charge is 0.309 e. The van der Waals surface area contributed by atoms with E-state index in [1.54, 1.807) is 11.1 Å². The zero-order valence-corrected chi connectivity index (χ0v) is 10.3. The Morgan fingerprint density at radius 3 is 2.61 bits per heavy atom. The second-order valence-corrected chi connectivity index (χ2v) is 4.72. The second-order valence-electron chi connectivity index (χ2n) is 4.72. The van der Waals surface area contributed by atoms with Crippen LogP contribution in [0.1, 0.15) is 36.5 Å². The predicted octanol–water partition coefficient (Wildman–Crippen LogP) is 1.13. The van der Waals surface area contributed by atoms with Crippen molar-refractivity contribution < 1.29 is 14.7 Å². The molecule has 6 heteroatoms. The van der Waals surface area contributed by atoms with E-state index in [-0.39, 0.29) is 5.91 Å². The van der Waals surface area contributed by atoms with Crippen LogP contribution < -0.4 is 0 Å². The number of aromatic nitrogens is 2. The molecule has 0 bridgehead atoms. The molecule has 2 N–H and O–H groups in total. The van der Waals surface area contributed by atoms with E-state index in [0.717, 1.165) is 0 Å². The number of aromatic amines is 1. The van der Waals surface area contributed by atoms with Crippen LogP contribution in [0.5, 0.6) is 0 Å². The Bertz CT molecular complexity index is 433. The number of nitrogens with zero attached hydrogens (tertiary/aromatic N) is 2. The van der Waals surface area contributed by atoms with E-state index >= 15 is 0 Å². The van der Waals surface area contributed by atoms with E-state index in [1.165, 1.54) is 6.20 Å². The van der Waals surface area contributed by atoms with E-state index in [2.05, 4.69) is 10.2 Å². The van der Waals surface area contributed by atoms with Gasteiger partial charge in [0.1, 0.15) is 0 Å². The number of H-pyrrole nitrogens is 1. The number of aliphatic carboxylic acids is 1. The zero-order valence-electron chi connectivity index (χ0n) is 10.3. The van der Waals surface area contributed by atoms with Crippen molar-refractivity contribution in [1.82, 2.24) is 15.1 Å². The molecule has 1 aliphatic heterocycles. The topological polar surface area (TPSA) is 86.3 Å². The van der Waals surface area contributed by atoms with Crippen molar-refractivity contribution >= 4 is 11.9 Å². The van der Waals surface area contributed by atoms with Crippen LogP contribution in [-0.4, -0.2) is 45.2 Å². The van der Waals surface area contributed by atoms with Crippen LogP contribution in [0.2, 0.25) is 0 Å². The molecule has 2 rings (SSSR count). The summed E-state index contributed by atoms with van der Waals surface area (Å²) in [6, 6.07) is 0. The van der Waals surface area contributed by atoms with Gasteiger partial charge in [-0.1, -0.05) is 6.92 Å². The summed E-state index contributed by atoms with van der Waals surface area (Å²) in [7, 11) is 0. The van der Waals surface area contributed by atoms with Gasteiger partial charge < -0.3 is 10.0 Å². The number of carbonyl (C=O) groups excluding carboxylic acids is 1. The first-order chi connectivity index (χ1) is 8.59. The third-order valence-electron chi connectivity index (χ3n) is 3.88. The first-order valence-electron chi connectivity index (χ1n) is 6.10. The maximum atomic E-state index is 12.0. The number of hydrogen-bond acceptors (Lipinski definition) is 3. The van der Waals surface area contributed by atoms with Gasteiger partial charge in [0.2, 0.25) is 0 Å². The third kappa shape index (κ3) is 2.10. The largest absolute Gasteiger partial charge is 0.481 e. The molecule has 1 fully saturated rings. The Hall–Kier alpha value is -1.85. The number of carbonyl (C=O) groups is 2. The van der Waals surface area contributed by atoms with Crippen LogP contribution in [0.15, 0.2) is 12.4 Å². The van der Waals surface area contributed by atoms with Crippen molar-refractivity contribution in [1.29, 1.82) is 0 Å². The zero-order chi connectivity index (χ0) is 13.2. The summed E-state index contributed by atoms with van der Waals surface area (Å²) in [5.41, 5.74) is -0.137. The van der Waals surface area contributed by atoms with Crippen molar-refractivity contribution in [3.8, 4) is 0 Å². The van der Waals surface area contributed by atoms with E-state index < -0.39 is 11.4 Å². The van der Waals surface area contributed by atoms with Gasteiger partial charge in [-0.3, -0.25) is 14.7 Å². The molecule has 0 aliphatic carbocycles. The molecule has 0 radical (unpaired) electrons. The highest BCUT2D eigenvalue weighted by molar-refractivity contribution is 5.93. The standard InChI is InChI=1S/C12H17N3O3/c1-2-12(11(17)18)3-5-15(6-4-12)10(16)9-7-13-14-8-9/h7-8H,2-6H2,1H3,(H,13,14)(H,17,18). The number of nitrogens with one attached hydrogen (secondary N) is 1. The van der Waals surface area contributed by atoms with Crippen LogP contribution in [-0.2, 0) is 4.79 Å². The number of carboxylic acids is 1. The minimum absolute atomic E-state index is 0.0844.